The number of esters is 1. The lowest BCUT2D eigenvalue weighted by Gasteiger charge is -2.40. The number of cyclic esters (lactones) is 1. The second-order valence-electron chi connectivity index (χ2n) is 8.04. The highest BCUT2D eigenvalue weighted by Crippen LogP contribution is 2.33. The fourth-order valence-electron chi connectivity index (χ4n) is 3.65. The van der Waals surface area contributed by atoms with Crippen LogP contribution in [0, 0.1) is 5.92 Å². The van der Waals surface area contributed by atoms with Crippen LogP contribution in [0.15, 0.2) is 18.2 Å². The van der Waals surface area contributed by atoms with E-state index in [0.717, 1.165) is 6.42 Å². The Morgan fingerprint density at radius 3 is 2.73 bits per heavy atom. The number of amides is 1. The van der Waals surface area contributed by atoms with Crippen LogP contribution >= 0.6 is 0 Å². The Morgan fingerprint density at radius 2 is 2.03 bits per heavy atom. The molecule has 1 saturated heterocycles. The van der Waals surface area contributed by atoms with Crippen LogP contribution < -0.4 is 15.2 Å². The maximum absolute atomic E-state index is 12.8. The van der Waals surface area contributed by atoms with E-state index in [1.807, 2.05) is 6.92 Å². The Morgan fingerprint density at radius 1 is 1.33 bits per heavy atom. The summed E-state index contributed by atoms with van der Waals surface area (Å²) in [5, 5.41) is 0. The van der Waals surface area contributed by atoms with Gasteiger partial charge in [0, 0.05) is 12.6 Å². The van der Waals surface area contributed by atoms with Gasteiger partial charge in [0.05, 0.1) is 6.04 Å². The zero-order valence-corrected chi connectivity index (χ0v) is 17.7. The molecule has 164 valence electrons. The number of nitrogens with two attached hydrogens (primary N) is 1. The molecule has 1 aromatic rings. The average Bonchev–Trinajstić information content (AvgIpc) is 3.21. The maximum Gasteiger partial charge on any atom is 0.410 e. The first-order valence-corrected chi connectivity index (χ1v) is 9.97. The number of rotatable bonds is 6. The molecule has 0 aromatic heterocycles. The van der Waals surface area contributed by atoms with Gasteiger partial charge in [0.25, 0.3) is 0 Å². The van der Waals surface area contributed by atoms with Crippen LogP contribution in [0.5, 0.6) is 11.5 Å². The van der Waals surface area contributed by atoms with Gasteiger partial charge in [0.15, 0.2) is 17.3 Å². The first-order chi connectivity index (χ1) is 14.1. The molecule has 9 nitrogen and oxygen atoms in total. The van der Waals surface area contributed by atoms with Gasteiger partial charge >= 0.3 is 12.1 Å². The number of nitrogens with zero attached hydrogens (tertiary/aromatic N) is 1. The van der Waals surface area contributed by atoms with E-state index in [4.69, 9.17) is 24.7 Å². The van der Waals surface area contributed by atoms with Gasteiger partial charge in [0.2, 0.25) is 6.79 Å². The van der Waals surface area contributed by atoms with Crippen LogP contribution in [-0.2, 0) is 14.3 Å². The summed E-state index contributed by atoms with van der Waals surface area (Å²) in [4.78, 5) is 38.6. The average molecular weight is 420 g/mol. The van der Waals surface area contributed by atoms with E-state index in [0.29, 0.717) is 23.5 Å². The Kier molecular flexibility index (Phi) is 6.21. The molecule has 1 aromatic carbocycles. The summed E-state index contributed by atoms with van der Waals surface area (Å²) < 4.78 is 21.3. The van der Waals surface area contributed by atoms with Crippen molar-refractivity contribution in [3.8, 4) is 11.5 Å². The molecular weight excluding hydrogens is 392 g/mol. The lowest BCUT2D eigenvalue weighted by atomic mass is 9.83. The van der Waals surface area contributed by atoms with Gasteiger partial charge < -0.3 is 29.6 Å². The molecule has 2 heterocycles. The summed E-state index contributed by atoms with van der Waals surface area (Å²) >= 11 is 0. The van der Waals surface area contributed by atoms with E-state index in [9.17, 15) is 14.4 Å². The number of hydrogen-bond acceptors (Lipinski definition) is 8. The topological polar surface area (TPSA) is 117 Å². The summed E-state index contributed by atoms with van der Waals surface area (Å²) in [6, 6.07) is 3.45. The van der Waals surface area contributed by atoms with Crippen LogP contribution in [0.2, 0.25) is 0 Å². The Labute approximate surface area is 175 Å². The van der Waals surface area contributed by atoms with E-state index in [1.165, 1.54) is 11.9 Å². The number of fused-ring (bicyclic) bond motifs is 1. The lowest BCUT2D eigenvalue weighted by molar-refractivity contribution is -0.177. The minimum atomic E-state index is -0.950. The van der Waals surface area contributed by atoms with Crippen molar-refractivity contribution >= 4 is 17.8 Å². The quantitative estimate of drug-likeness (QED) is 0.549. The standard InChI is InChI=1S/C21H28N2O7/c1-5-13-9-21(3,30-19(25)17(13)22)10-27-20(26)23(4)12(2)18(24)14-6-7-15-16(8-14)29-11-28-15/h6-8,12-13,17H,5,9-11,22H2,1-4H3. The third-order valence-corrected chi connectivity index (χ3v) is 5.75. The molecule has 4 atom stereocenters. The van der Waals surface area contributed by atoms with Crippen LogP contribution in [0.4, 0.5) is 4.79 Å². The van der Waals surface area contributed by atoms with E-state index >= 15 is 0 Å². The molecular formula is C21H28N2O7. The number of likely N-dealkylation sites (N-methyl/N-ethyl adjacent to an activating group) is 1. The van der Waals surface area contributed by atoms with Gasteiger partial charge in [-0.1, -0.05) is 13.3 Å². The van der Waals surface area contributed by atoms with Crippen molar-refractivity contribution in [1.82, 2.24) is 4.90 Å². The minimum absolute atomic E-state index is 0.0424. The van der Waals surface area contributed by atoms with Crippen LogP contribution in [0.3, 0.4) is 0 Å². The molecule has 30 heavy (non-hydrogen) atoms. The third-order valence-electron chi connectivity index (χ3n) is 5.75. The Bertz CT molecular complexity index is 843. The van der Waals surface area contributed by atoms with Crippen molar-refractivity contribution in [3.63, 3.8) is 0 Å². The highest BCUT2D eigenvalue weighted by molar-refractivity contribution is 6.01. The number of hydrogen-bond donors (Lipinski definition) is 1. The predicted molar refractivity (Wildman–Crippen MR) is 106 cm³/mol. The molecule has 9 heteroatoms. The number of benzene rings is 1. The summed E-state index contributed by atoms with van der Waals surface area (Å²) in [6.45, 7) is 5.28. The fraction of sp³-hybridized carbons (Fsp3) is 0.571. The van der Waals surface area contributed by atoms with Crippen LogP contribution in [-0.4, -0.2) is 60.9 Å². The molecule has 1 fully saturated rings. The molecule has 0 bridgehead atoms. The molecule has 2 aliphatic rings. The van der Waals surface area contributed by atoms with Crippen molar-refractivity contribution < 1.29 is 33.3 Å². The summed E-state index contributed by atoms with van der Waals surface area (Å²) in [7, 11) is 1.48. The smallest absolute Gasteiger partial charge is 0.410 e. The van der Waals surface area contributed by atoms with Crippen LogP contribution in [0.1, 0.15) is 44.0 Å². The van der Waals surface area contributed by atoms with Gasteiger partial charge in [0.1, 0.15) is 18.2 Å². The van der Waals surface area contributed by atoms with Crippen molar-refractivity contribution in [3.05, 3.63) is 23.8 Å². The highest BCUT2D eigenvalue weighted by Gasteiger charge is 2.43. The van der Waals surface area contributed by atoms with Crippen molar-refractivity contribution in [2.45, 2.75) is 51.3 Å². The SMILES string of the molecule is CCC1CC(C)(COC(=O)N(C)C(C)C(=O)c2ccc3c(c2)OCO3)OC(=O)C1N. The monoisotopic (exact) mass is 420 g/mol. The first kappa shape index (κ1) is 21.9. The maximum atomic E-state index is 12.8. The van der Waals surface area contributed by atoms with Gasteiger partial charge in [-0.2, -0.15) is 0 Å². The molecule has 2 aliphatic heterocycles. The molecule has 4 unspecified atom stereocenters. The zero-order valence-electron chi connectivity index (χ0n) is 17.7. The third kappa shape index (κ3) is 4.35. The highest BCUT2D eigenvalue weighted by atomic mass is 16.7. The van der Waals surface area contributed by atoms with E-state index in [2.05, 4.69) is 0 Å². The minimum Gasteiger partial charge on any atom is -0.455 e. The summed E-state index contributed by atoms with van der Waals surface area (Å²) in [6.07, 6.45) is 0.539. The molecule has 0 spiro atoms. The Balaban J connectivity index is 1.59. The van der Waals surface area contributed by atoms with Gasteiger partial charge in [-0.3, -0.25) is 9.59 Å². The number of carbonyl (C=O) groups excluding carboxylic acids is 3. The van der Waals surface area contributed by atoms with Gasteiger partial charge in [-0.05, 0) is 44.4 Å². The predicted octanol–water partition coefficient (Wildman–Crippen LogP) is 2.11. The molecule has 3 rings (SSSR count). The molecule has 0 radical (unpaired) electrons. The number of ether oxygens (including phenoxy) is 4. The molecule has 2 N–H and O–H groups in total. The summed E-state index contributed by atoms with van der Waals surface area (Å²) in [5.74, 6) is 0.270. The Hall–Kier alpha value is -2.81. The van der Waals surface area contributed by atoms with Crippen molar-refractivity contribution in [2.75, 3.05) is 20.4 Å². The van der Waals surface area contributed by atoms with Gasteiger partial charge in [-0.15, -0.1) is 0 Å². The second kappa shape index (κ2) is 8.51. The lowest BCUT2D eigenvalue weighted by Crippen LogP contribution is -2.54. The number of carbonyl (C=O) groups is 3. The fourth-order valence-corrected chi connectivity index (χ4v) is 3.65. The van der Waals surface area contributed by atoms with Crippen molar-refractivity contribution in [2.24, 2.45) is 11.7 Å². The number of ketones is 1. The van der Waals surface area contributed by atoms with Crippen molar-refractivity contribution in [1.29, 1.82) is 0 Å². The summed E-state index contributed by atoms with van der Waals surface area (Å²) in [5.41, 5.74) is 5.33. The van der Waals surface area contributed by atoms with Crippen LogP contribution in [0.25, 0.3) is 0 Å². The van der Waals surface area contributed by atoms with E-state index in [-0.39, 0.29) is 25.1 Å². The largest absolute Gasteiger partial charge is 0.455 e. The molecule has 1 amide bonds. The zero-order chi connectivity index (χ0) is 22.1. The molecule has 0 saturated carbocycles. The normalized spacial score (nSPS) is 26.0. The van der Waals surface area contributed by atoms with E-state index < -0.39 is 29.7 Å². The number of Topliss-reactive ketones (excluding diaryl/α,β-unsaturated/α-hetero) is 1. The van der Waals surface area contributed by atoms with Gasteiger partial charge in [-0.25, -0.2) is 4.79 Å². The van der Waals surface area contributed by atoms with E-state index in [1.54, 1.807) is 32.0 Å². The first-order valence-electron chi connectivity index (χ1n) is 9.97. The second-order valence-corrected chi connectivity index (χ2v) is 8.04. The molecule has 0 aliphatic carbocycles.